The zero-order chi connectivity index (χ0) is 99.6. The van der Waals surface area contributed by atoms with E-state index < -0.39 is 348 Å². The van der Waals surface area contributed by atoms with Gasteiger partial charge in [-0.1, -0.05) is 19.6 Å². The average Bonchev–Trinajstić information content (AvgIpc) is 0.758. The van der Waals surface area contributed by atoms with Crippen molar-refractivity contribution in [2.24, 2.45) is 0 Å². The fourth-order valence-corrected chi connectivity index (χ4v) is 18.2. The lowest BCUT2D eigenvalue weighted by Gasteiger charge is -2.52. The lowest BCUT2D eigenvalue weighted by Crippen LogP contribution is -2.69. The summed E-state index contributed by atoms with van der Waals surface area (Å²) in [7, 11) is 19.9. The molecule has 0 bridgehead atoms. The second kappa shape index (κ2) is 55.3. The Kier molecular flexibility index (Phi) is 47.1. The molecule has 8 aliphatic rings. The minimum Gasteiger partial charge on any atom is -0.463 e. The van der Waals surface area contributed by atoms with Gasteiger partial charge in [-0.05, 0) is 6.04 Å². The Morgan fingerprint density at radius 3 is 0.504 bits per heavy atom. The van der Waals surface area contributed by atoms with Gasteiger partial charge in [-0.15, -0.1) is 0 Å². The Morgan fingerprint density at radius 1 is 0.207 bits per heavy atom. The first-order valence-corrected chi connectivity index (χ1v) is 47.7. The standard InChI is InChI=1S/C85H142O49Si/c1-38(86)112-30-46-54(94)62(95-9)70(103-17)79(120-46)128-56-48(32-114-40(3)88)122-81(72(105-19)64(56)97-11)130-58-50(34-116-42(5)90)124-83(74(107-21)66(58)99-13)132-60-52(36-118-44(7)92)126-85(76(109-23)68(60)101-15)134-61-53(37-119-45(8)93)127-84(77(110-24)69(61)102-16)133-59-51(35-117-43(6)91)125-82(75(108-22)67(59)100-14)131-57-49(33-115-41(4)89)123-80(73(106-20)65(57)98-12)129-55-47(31-113-39(2)87)121-78(71(104-18)63(55)96-10)111-28-29-135(25,26)27/h46-85,94H,28-37H2,1-27H3/t46-,47-,48-,49-,50-,51-,52-,53-,54-,55-,56-,57-,58-,59-,60-,61-,62+,63+,64+,65+,66+,67+,68+,69+,70-,71-,72-,73-,74-,75-,76-,77-,78+,79-,80-,81-,82-,83-,84-,85-/m1/s1. The number of methoxy groups -OCH3 is 16. The van der Waals surface area contributed by atoms with Crippen LogP contribution in [0.1, 0.15) is 55.4 Å². The van der Waals surface area contributed by atoms with Crippen LogP contribution in [0, 0.1) is 0 Å². The highest BCUT2D eigenvalue weighted by Crippen LogP contribution is 2.44. The molecule has 0 saturated carbocycles. The van der Waals surface area contributed by atoms with Crippen LogP contribution in [0.2, 0.25) is 25.7 Å². The van der Waals surface area contributed by atoms with Crippen molar-refractivity contribution in [3.63, 3.8) is 0 Å². The number of hydrogen-bond acceptors (Lipinski definition) is 49. The first-order chi connectivity index (χ1) is 64.4. The highest BCUT2D eigenvalue weighted by atomic mass is 28.3. The molecule has 8 saturated heterocycles. The Labute approximate surface area is 785 Å². The molecule has 0 spiro atoms. The molecule has 0 unspecified atom stereocenters. The molecule has 135 heavy (non-hydrogen) atoms. The van der Waals surface area contributed by atoms with E-state index in [9.17, 15) is 43.5 Å². The van der Waals surface area contributed by atoms with Crippen LogP contribution in [0.15, 0.2) is 0 Å². The number of carbonyl (C=O) groups is 8. The zero-order valence-electron chi connectivity index (χ0n) is 81.7. The molecule has 0 aromatic rings. The van der Waals surface area contributed by atoms with Gasteiger partial charge in [0.05, 0.1) is 0 Å². The summed E-state index contributed by atoms with van der Waals surface area (Å²) < 4.78 is 251. The monoisotopic (exact) mass is 1970 g/mol. The minimum atomic E-state index is -1.61. The second-order valence-electron chi connectivity index (χ2n) is 33.8. The van der Waals surface area contributed by atoms with Crippen molar-refractivity contribution in [3.8, 4) is 0 Å². The molecular weight excluding hydrogens is 1830 g/mol. The smallest absolute Gasteiger partial charge is 0.302 e. The third-order valence-corrected chi connectivity index (χ3v) is 25.6. The lowest BCUT2D eigenvalue weighted by molar-refractivity contribution is -0.404. The molecule has 780 valence electrons. The molecule has 0 aliphatic carbocycles. The SMILES string of the molecule is CO[C@@H]1[C@@H](OC)[C@@H](OCC[Si](C)(C)C)O[C@H](COC(C)=O)[C@H]1O[C@H]1O[C@H](COC(C)=O)[C@@H](O[C@H]2O[C@H](COC(C)=O)[C@@H](O[C@H]3O[C@H](COC(C)=O)[C@@H](O[C@H]4O[C@H](COC(C)=O)[C@@H](O[C@H]5O[C@H](COC(C)=O)[C@@H](O[C@H]6O[C@H](COC(C)=O)[C@@H](O[C@H]7O[C@H](COC(C)=O)[C@@H](O)[C@H](OC)[C@H]7OC)[C@H](OC)[C@H]6OC)[C@H](OC)[C@H]5OC)[C@H](OC)[C@H]4OC)[C@H](OC)[C@H]3OC)[C@H](OC)[C@H]2OC)[C@H](OC)[C@H]1OC. The summed E-state index contributed by atoms with van der Waals surface area (Å²) in [6, 6.07) is 0.783. The third kappa shape index (κ3) is 30.1. The van der Waals surface area contributed by atoms with Crippen molar-refractivity contribution in [1.82, 2.24) is 0 Å². The van der Waals surface area contributed by atoms with Gasteiger partial charge in [-0.25, -0.2) is 0 Å². The van der Waals surface area contributed by atoms with E-state index in [4.69, 9.17) is 189 Å². The Morgan fingerprint density at radius 2 is 0.348 bits per heavy atom. The number of aliphatic hydroxyl groups is 1. The van der Waals surface area contributed by atoms with Crippen LogP contribution in [0.4, 0.5) is 0 Å². The van der Waals surface area contributed by atoms with Gasteiger partial charge in [-0.2, -0.15) is 0 Å². The highest BCUT2D eigenvalue weighted by Gasteiger charge is 2.63. The van der Waals surface area contributed by atoms with Gasteiger partial charge >= 0.3 is 47.8 Å². The molecule has 0 aromatic heterocycles. The molecule has 8 rings (SSSR count). The van der Waals surface area contributed by atoms with Crippen LogP contribution >= 0.6 is 0 Å². The summed E-state index contributed by atoms with van der Waals surface area (Å²) in [5.74, 6) is -5.72. The molecule has 0 amide bonds. The molecule has 8 heterocycles. The molecule has 50 heteroatoms. The third-order valence-electron chi connectivity index (χ3n) is 23.9. The first-order valence-electron chi connectivity index (χ1n) is 44.0. The van der Waals surface area contributed by atoms with Crippen LogP contribution in [-0.2, 0) is 228 Å². The molecule has 8 aliphatic heterocycles. The number of rotatable bonds is 50. The summed E-state index contributed by atoms with van der Waals surface area (Å²) in [5, 5.41) is 11.3. The van der Waals surface area contributed by atoms with E-state index in [-0.39, 0.29) is 6.61 Å². The van der Waals surface area contributed by atoms with Crippen LogP contribution in [-0.4, -0.2) is 480 Å². The van der Waals surface area contributed by atoms with Crippen molar-refractivity contribution < 1.29 is 233 Å². The van der Waals surface area contributed by atoms with Gasteiger partial charge < -0.3 is 195 Å². The molecule has 1 N–H and O–H groups in total. The summed E-state index contributed by atoms with van der Waals surface area (Å²) in [4.78, 5) is 102. The highest BCUT2D eigenvalue weighted by molar-refractivity contribution is 6.76. The normalized spacial score (nSPS) is 39.1. The predicted octanol–water partition coefficient (Wildman–Crippen LogP) is -1.06. The van der Waals surface area contributed by atoms with E-state index >= 15 is 0 Å². The van der Waals surface area contributed by atoms with E-state index in [1.54, 1.807) is 0 Å². The van der Waals surface area contributed by atoms with Crippen molar-refractivity contribution in [2.45, 2.75) is 327 Å². The molecule has 40 atom stereocenters. The molecule has 0 aromatic carbocycles. The fraction of sp³-hybridized carbons (Fsp3) is 0.906. The van der Waals surface area contributed by atoms with E-state index in [1.165, 1.54) is 148 Å². The largest absolute Gasteiger partial charge is 0.463 e. The van der Waals surface area contributed by atoms with Crippen molar-refractivity contribution in [3.05, 3.63) is 0 Å². The molecular formula is C85H142O49Si. The minimum absolute atomic E-state index is 0.327. The van der Waals surface area contributed by atoms with Gasteiger partial charge in [0.2, 0.25) is 0 Å². The number of aliphatic hydroxyl groups excluding tert-OH is 1. The Balaban J connectivity index is 1.07. The number of carbonyl (C=O) groups excluding carboxylic acids is 8. The Bertz CT molecular complexity index is 3540. The predicted molar refractivity (Wildman–Crippen MR) is 449 cm³/mol. The van der Waals surface area contributed by atoms with Crippen LogP contribution < -0.4 is 0 Å². The van der Waals surface area contributed by atoms with E-state index in [0.717, 1.165) is 26.8 Å². The van der Waals surface area contributed by atoms with Gasteiger partial charge in [0, 0.05) is 184 Å². The van der Waals surface area contributed by atoms with Gasteiger partial charge in [0.25, 0.3) is 0 Å². The van der Waals surface area contributed by atoms with E-state index in [0.29, 0.717) is 6.61 Å². The second-order valence-corrected chi connectivity index (χ2v) is 39.5. The molecule has 0 radical (unpaired) electrons. The quantitative estimate of drug-likeness (QED) is 0.0431. The van der Waals surface area contributed by atoms with Gasteiger partial charge in [0.1, 0.15) is 248 Å². The van der Waals surface area contributed by atoms with E-state index in [1.807, 2.05) is 0 Å². The van der Waals surface area contributed by atoms with Crippen molar-refractivity contribution in [1.29, 1.82) is 0 Å². The number of hydrogen-bond donors (Lipinski definition) is 1. The van der Waals surface area contributed by atoms with Crippen LogP contribution in [0.25, 0.3) is 0 Å². The van der Waals surface area contributed by atoms with Gasteiger partial charge in [0.15, 0.2) is 50.3 Å². The maximum atomic E-state index is 13.0. The summed E-state index contributed by atoms with van der Waals surface area (Å²) in [5.41, 5.74) is 0. The summed E-state index contributed by atoms with van der Waals surface area (Å²) in [6.45, 7) is 12.3. The summed E-state index contributed by atoms with van der Waals surface area (Å²) >= 11 is 0. The first kappa shape index (κ1) is 115. The fourth-order valence-electron chi connectivity index (χ4n) is 17.5. The van der Waals surface area contributed by atoms with Crippen LogP contribution in [0.3, 0.4) is 0 Å². The Hall–Kier alpha value is -5.34. The van der Waals surface area contributed by atoms with Crippen molar-refractivity contribution >= 4 is 55.8 Å². The number of esters is 8. The lowest BCUT2D eigenvalue weighted by atomic mass is 9.94. The number of ether oxygens (including phenoxy) is 40. The maximum Gasteiger partial charge on any atom is 0.302 e. The van der Waals surface area contributed by atoms with Gasteiger partial charge in [-0.3, -0.25) is 38.4 Å². The zero-order valence-corrected chi connectivity index (χ0v) is 82.7. The van der Waals surface area contributed by atoms with Crippen LogP contribution in [0.5, 0.6) is 0 Å². The average molecular weight is 1980 g/mol. The molecule has 8 fully saturated rings. The van der Waals surface area contributed by atoms with Crippen molar-refractivity contribution in [2.75, 3.05) is 173 Å². The summed E-state index contributed by atoms with van der Waals surface area (Å²) in [6.07, 6.45) is -52.8. The van der Waals surface area contributed by atoms with E-state index in [2.05, 4.69) is 19.6 Å². The topological polar surface area (TPSA) is 526 Å². The maximum absolute atomic E-state index is 13.0. The molecule has 49 nitrogen and oxygen atoms in total.